The molecule has 2 aromatic rings. The molecule has 0 bridgehead atoms. The van der Waals surface area contributed by atoms with Crippen molar-refractivity contribution in [3.63, 3.8) is 0 Å². The third-order valence-electron chi connectivity index (χ3n) is 4.67. The zero-order chi connectivity index (χ0) is 16.9. The summed E-state index contributed by atoms with van der Waals surface area (Å²) in [6, 6.07) is 12.3. The molecule has 0 saturated carbocycles. The molecule has 0 N–H and O–H groups in total. The Morgan fingerprint density at radius 2 is 1.83 bits per heavy atom. The molecule has 0 unspecified atom stereocenters. The van der Waals surface area contributed by atoms with Gasteiger partial charge in [0, 0.05) is 23.7 Å². The van der Waals surface area contributed by atoms with Crippen LogP contribution < -0.4 is 9.47 Å². The molecule has 24 heavy (non-hydrogen) atoms. The van der Waals surface area contributed by atoms with Crippen LogP contribution in [0, 0.1) is 0 Å². The van der Waals surface area contributed by atoms with E-state index in [1.165, 1.54) is 16.7 Å². The minimum atomic E-state index is 0.802. The highest BCUT2D eigenvalue weighted by Crippen LogP contribution is 2.36. The minimum absolute atomic E-state index is 0.802. The maximum absolute atomic E-state index is 5.93. The predicted molar refractivity (Wildman–Crippen MR) is 98.3 cm³/mol. The van der Waals surface area contributed by atoms with Gasteiger partial charge in [0.1, 0.15) is 0 Å². The molecule has 0 aromatic heterocycles. The van der Waals surface area contributed by atoms with Gasteiger partial charge in [-0.25, -0.2) is 0 Å². The molecule has 3 nitrogen and oxygen atoms in total. The molecule has 0 spiro atoms. The van der Waals surface area contributed by atoms with E-state index in [1.54, 1.807) is 14.2 Å². The Bertz CT molecular complexity index is 685. The van der Waals surface area contributed by atoms with Crippen molar-refractivity contribution in [2.45, 2.75) is 25.8 Å². The minimum Gasteiger partial charge on any atom is -0.493 e. The summed E-state index contributed by atoms with van der Waals surface area (Å²) < 4.78 is 11.0. The smallest absolute Gasteiger partial charge is 0.164 e. The lowest BCUT2D eigenvalue weighted by Crippen LogP contribution is -2.31. The molecule has 0 aliphatic carbocycles. The normalized spacial score (nSPS) is 14.3. The molecule has 0 saturated heterocycles. The first-order chi connectivity index (χ1) is 11.7. The third kappa shape index (κ3) is 3.85. The number of aryl methyl sites for hydroxylation is 1. The van der Waals surface area contributed by atoms with E-state index in [4.69, 9.17) is 21.1 Å². The quantitative estimate of drug-likeness (QED) is 0.777. The molecule has 1 heterocycles. The van der Waals surface area contributed by atoms with Crippen LogP contribution in [-0.4, -0.2) is 32.2 Å². The van der Waals surface area contributed by atoms with Gasteiger partial charge in [-0.05, 0) is 55.1 Å². The fourth-order valence-electron chi connectivity index (χ4n) is 3.39. The van der Waals surface area contributed by atoms with Crippen LogP contribution in [0.15, 0.2) is 36.4 Å². The maximum atomic E-state index is 5.93. The first-order valence-electron chi connectivity index (χ1n) is 8.41. The van der Waals surface area contributed by atoms with Gasteiger partial charge in [0.15, 0.2) is 11.5 Å². The van der Waals surface area contributed by atoms with E-state index in [-0.39, 0.29) is 0 Å². The number of benzene rings is 2. The van der Waals surface area contributed by atoms with Crippen molar-refractivity contribution in [1.82, 2.24) is 4.90 Å². The summed E-state index contributed by atoms with van der Waals surface area (Å²) in [6.07, 6.45) is 3.26. The Hall–Kier alpha value is -1.71. The monoisotopic (exact) mass is 345 g/mol. The van der Waals surface area contributed by atoms with Crippen LogP contribution >= 0.6 is 11.6 Å². The molecular formula is C20H24ClNO2. The fourth-order valence-corrected chi connectivity index (χ4v) is 3.52. The molecule has 3 rings (SSSR count). The number of rotatable bonds is 6. The van der Waals surface area contributed by atoms with Gasteiger partial charge in [-0.15, -0.1) is 0 Å². The van der Waals surface area contributed by atoms with Crippen LogP contribution in [0.3, 0.4) is 0 Å². The Labute approximate surface area is 149 Å². The van der Waals surface area contributed by atoms with E-state index >= 15 is 0 Å². The topological polar surface area (TPSA) is 21.7 Å². The summed E-state index contributed by atoms with van der Waals surface area (Å²) in [6.45, 7) is 3.16. The molecular weight excluding hydrogens is 322 g/mol. The molecule has 2 aromatic carbocycles. The first-order valence-corrected chi connectivity index (χ1v) is 8.78. The third-order valence-corrected chi connectivity index (χ3v) is 4.92. The maximum Gasteiger partial charge on any atom is 0.164 e. The van der Waals surface area contributed by atoms with Crippen molar-refractivity contribution in [1.29, 1.82) is 0 Å². The van der Waals surface area contributed by atoms with Gasteiger partial charge in [0.25, 0.3) is 0 Å². The standard InChI is InChI=1S/C20H24ClNO2/c1-23-19-10-7-16-14-22(13-11-18(16)20(19)24-2)12-3-4-15-5-8-17(21)9-6-15/h5-10H,3-4,11-14H2,1-2H3. The highest BCUT2D eigenvalue weighted by molar-refractivity contribution is 6.30. The highest BCUT2D eigenvalue weighted by Gasteiger charge is 2.21. The summed E-state index contributed by atoms with van der Waals surface area (Å²) in [5.41, 5.74) is 4.00. The van der Waals surface area contributed by atoms with Crippen molar-refractivity contribution in [2.24, 2.45) is 0 Å². The van der Waals surface area contributed by atoms with Gasteiger partial charge >= 0.3 is 0 Å². The van der Waals surface area contributed by atoms with Crippen LogP contribution in [-0.2, 0) is 19.4 Å². The average Bonchev–Trinajstić information content (AvgIpc) is 2.62. The number of hydrogen-bond donors (Lipinski definition) is 0. The van der Waals surface area contributed by atoms with Gasteiger partial charge in [-0.2, -0.15) is 0 Å². The Morgan fingerprint density at radius 1 is 1.04 bits per heavy atom. The number of halogens is 1. The predicted octanol–water partition coefficient (Wildman–Crippen LogP) is 4.35. The molecule has 0 amide bonds. The first kappa shape index (κ1) is 17.1. The van der Waals surface area contributed by atoms with Crippen molar-refractivity contribution >= 4 is 11.6 Å². The van der Waals surface area contributed by atoms with Crippen LogP contribution in [0.1, 0.15) is 23.1 Å². The molecule has 4 heteroatoms. The number of nitrogens with zero attached hydrogens (tertiary/aromatic N) is 1. The average molecular weight is 346 g/mol. The summed E-state index contributed by atoms with van der Waals surface area (Å²) in [4.78, 5) is 2.52. The highest BCUT2D eigenvalue weighted by atomic mass is 35.5. The zero-order valence-electron chi connectivity index (χ0n) is 14.3. The summed E-state index contributed by atoms with van der Waals surface area (Å²) in [7, 11) is 3.41. The molecule has 0 fully saturated rings. The molecule has 0 atom stereocenters. The summed E-state index contributed by atoms with van der Waals surface area (Å²) >= 11 is 5.93. The van der Waals surface area contributed by atoms with Gasteiger partial charge in [-0.3, -0.25) is 4.90 Å². The summed E-state index contributed by atoms with van der Waals surface area (Å²) in [5.74, 6) is 1.73. The van der Waals surface area contributed by atoms with Gasteiger partial charge in [0.2, 0.25) is 0 Å². The van der Waals surface area contributed by atoms with Crippen LogP contribution in [0.25, 0.3) is 0 Å². The Balaban J connectivity index is 1.58. The second-order valence-corrected chi connectivity index (χ2v) is 6.63. The van der Waals surface area contributed by atoms with E-state index in [0.717, 1.165) is 55.4 Å². The number of methoxy groups -OCH3 is 2. The second kappa shape index (κ2) is 7.91. The number of ether oxygens (including phenoxy) is 2. The fraction of sp³-hybridized carbons (Fsp3) is 0.400. The van der Waals surface area contributed by atoms with Crippen molar-refractivity contribution in [3.8, 4) is 11.5 Å². The molecule has 0 radical (unpaired) electrons. The van der Waals surface area contributed by atoms with Crippen molar-refractivity contribution in [3.05, 3.63) is 58.1 Å². The van der Waals surface area contributed by atoms with E-state index < -0.39 is 0 Å². The Morgan fingerprint density at radius 3 is 2.54 bits per heavy atom. The van der Waals surface area contributed by atoms with Crippen molar-refractivity contribution < 1.29 is 9.47 Å². The lowest BCUT2D eigenvalue weighted by Gasteiger charge is -2.30. The van der Waals surface area contributed by atoms with Crippen LogP contribution in [0.4, 0.5) is 0 Å². The SMILES string of the molecule is COc1ccc2c(c1OC)CCN(CCCc1ccc(Cl)cc1)C2. The van der Waals surface area contributed by atoms with E-state index in [9.17, 15) is 0 Å². The van der Waals surface area contributed by atoms with E-state index in [0.29, 0.717) is 0 Å². The largest absolute Gasteiger partial charge is 0.493 e. The zero-order valence-corrected chi connectivity index (χ0v) is 15.1. The summed E-state index contributed by atoms with van der Waals surface area (Å²) in [5, 5.41) is 0.802. The van der Waals surface area contributed by atoms with Crippen LogP contribution in [0.5, 0.6) is 11.5 Å². The lowest BCUT2D eigenvalue weighted by molar-refractivity contribution is 0.247. The van der Waals surface area contributed by atoms with Gasteiger partial charge < -0.3 is 9.47 Å². The van der Waals surface area contributed by atoms with Crippen LogP contribution in [0.2, 0.25) is 5.02 Å². The van der Waals surface area contributed by atoms with Gasteiger partial charge in [0.05, 0.1) is 14.2 Å². The number of fused-ring (bicyclic) bond motifs is 1. The van der Waals surface area contributed by atoms with Gasteiger partial charge in [-0.1, -0.05) is 29.8 Å². The van der Waals surface area contributed by atoms with E-state index in [2.05, 4.69) is 23.1 Å². The number of hydrogen-bond acceptors (Lipinski definition) is 3. The van der Waals surface area contributed by atoms with Crippen molar-refractivity contribution in [2.75, 3.05) is 27.3 Å². The van der Waals surface area contributed by atoms with E-state index in [1.807, 2.05) is 18.2 Å². The molecule has 1 aliphatic rings. The Kier molecular flexibility index (Phi) is 5.64. The lowest BCUT2D eigenvalue weighted by atomic mass is 9.97. The molecule has 1 aliphatic heterocycles. The molecule has 128 valence electrons. The second-order valence-electron chi connectivity index (χ2n) is 6.19.